The molecule has 5 nitrogen and oxygen atoms in total. The Hall–Kier alpha value is -1.40. The first-order chi connectivity index (χ1) is 7.80. The Morgan fingerprint density at radius 2 is 1.88 bits per heavy atom. The highest BCUT2D eigenvalue weighted by molar-refractivity contribution is 7.90. The van der Waals surface area contributed by atoms with Crippen LogP contribution in [-0.2, 0) is 14.6 Å². The van der Waals surface area contributed by atoms with Crippen LogP contribution < -0.4 is 5.32 Å². The van der Waals surface area contributed by atoms with Gasteiger partial charge in [-0.15, -0.1) is 0 Å². The zero-order valence-electron chi connectivity index (χ0n) is 9.67. The van der Waals surface area contributed by atoms with Crippen LogP contribution in [0.15, 0.2) is 29.2 Å². The lowest BCUT2D eigenvalue weighted by Crippen LogP contribution is -2.25. The molecule has 0 heterocycles. The van der Waals surface area contributed by atoms with Crippen molar-refractivity contribution in [1.29, 1.82) is 0 Å². The van der Waals surface area contributed by atoms with E-state index in [1.807, 2.05) is 6.92 Å². The molecule has 0 amide bonds. The molecule has 1 rings (SSSR count). The standard InChI is InChI=1S/C11H15NO4S/c1-8(12-7-11(13)14)9-3-5-10(6-4-9)17(2,15)16/h3-6,8,12H,7H2,1-2H3,(H,13,14). The Morgan fingerprint density at radius 3 is 2.29 bits per heavy atom. The molecule has 0 bridgehead atoms. The van der Waals surface area contributed by atoms with Crippen LogP contribution in [-0.4, -0.2) is 32.3 Å². The number of hydrogen-bond donors (Lipinski definition) is 2. The quantitative estimate of drug-likeness (QED) is 0.816. The lowest BCUT2D eigenvalue weighted by molar-refractivity contribution is -0.136. The van der Waals surface area contributed by atoms with Crippen LogP contribution in [0.25, 0.3) is 0 Å². The number of carboxylic acids is 1. The second kappa shape index (κ2) is 5.29. The van der Waals surface area contributed by atoms with E-state index in [4.69, 9.17) is 5.11 Å². The highest BCUT2D eigenvalue weighted by atomic mass is 32.2. The van der Waals surface area contributed by atoms with E-state index in [2.05, 4.69) is 5.32 Å². The second-order valence-electron chi connectivity index (χ2n) is 3.84. The zero-order valence-corrected chi connectivity index (χ0v) is 10.5. The van der Waals surface area contributed by atoms with Crippen molar-refractivity contribution < 1.29 is 18.3 Å². The SMILES string of the molecule is CC(NCC(=O)O)c1ccc(S(C)(=O)=O)cc1. The molecule has 94 valence electrons. The minimum absolute atomic E-state index is 0.130. The third kappa shape index (κ3) is 4.16. The molecule has 0 saturated carbocycles. The van der Waals surface area contributed by atoms with Crippen LogP contribution in [0.5, 0.6) is 0 Å². The number of hydrogen-bond acceptors (Lipinski definition) is 4. The van der Waals surface area contributed by atoms with Gasteiger partial charge in [0.2, 0.25) is 0 Å². The molecule has 0 radical (unpaired) electrons. The molecule has 0 fully saturated rings. The first-order valence-electron chi connectivity index (χ1n) is 5.06. The molecule has 1 atom stereocenters. The molecular formula is C11H15NO4S. The predicted octanol–water partition coefficient (Wildman–Crippen LogP) is 0.825. The lowest BCUT2D eigenvalue weighted by Gasteiger charge is -2.12. The maximum atomic E-state index is 11.2. The van der Waals surface area contributed by atoms with Gasteiger partial charge in [0, 0.05) is 12.3 Å². The summed E-state index contributed by atoms with van der Waals surface area (Å²) in [6.45, 7) is 1.69. The lowest BCUT2D eigenvalue weighted by atomic mass is 10.1. The molecule has 1 aromatic rings. The van der Waals surface area contributed by atoms with Crippen molar-refractivity contribution in [2.24, 2.45) is 0 Å². The van der Waals surface area contributed by atoms with Gasteiger partial charge in [-0.2, -0.15) is 0 Å². The van der Waals surface area contributed by atoms with E-state index in [-0.39, 0.29) is 17.5 Å². The molecule has 6 heteroatoms. The van der Waals surface area contributed by atoms with Crippen LogP contribution in [0.1, 0.15) is 18.5 Å². The average molecular weight is 257 g/mol. The highest BCUT2D eigenvalue weighted by Crippen LogP contribution is 2.15. The van der Waals surface area contributed by atoms with Gasteiger partial charge in [0.25, 0.3) is 0 Å². The van der Waals surface area contributed by atoms with Crippen molar-refractivity contribution in [3.8, 4) is 0 Å². The molecule has 0 aromatic heterocycles. The fourth-order valence-electron chi connectivity index (χ4n) is 1.36. The van der Waals surface area contributed by atoms with Crippen LogP contribution in [0.4, 0.5) is 0 Å². The van der Waals surface area contributed by atoms with Crippen molar-refractivity contribution >= 4 is 15.8 Å². The summed E-state index contributed by atoms with van der Waals surface area (Å²) >= 11 is 0. The van der Waals surface area contributed by atoms with Crippen molar-refractivity contribution in [2.75, 3.05) is 12.8 Å². The fourth-order valence-corrected chi connectivity index (χ4v) is 1.99. The molecule has 0 saturated heterocycles. The maximum Gasteiger partial charge on any atom is 0.317 e. The van der Waals surface area contributed by atoms with Crippen LogP contribution in [0.2, 0.25) is 0 Å². The molecule has 0 aliphatic rings. The molecular weight excluding hydrogens is 242 g/mol. The Morgan fingerprint density at radius 1 is 1.35 bits per heavy atom. The van der Waals surface area contributed by atoms with Crippen molar-refractivity contribution in [2.45, 2.75) is 17.9 Å². The Bertz CT molecular complexity index is 493. The number of nitrogens with one attached hydrogen (secondary N) is 1. The van der Waals surface area contributed by atoms with Crippen molar-refractivity contribution in [3.05, 3.63) is 29.8 Å². The van der Waals surface area contributed by atoms with E-state index in [0.717, 1.165) is 11.8 Å². The summed E-state index contributed by atoms with van der Waals surface area (Å²) in [4.78, 5) is 10.6. The summed E-state index contributed by atoms with van der Waals surface area (Å²) in [5.41, 5.74) is 0.846. The van der Waals surface area contributed by atoms with Crippen LogP contribution >= 0.6 is 0 Å². The molecule has 0 aliphatic carbocycles. The molecule has 17 heavy (non-hydrogen) atoms. The van der Waals surface area contributed by atoms with E-state index in [9.17, 15) is 13.2 Å². The fraction of sp³-hybridized carbons (Fsp3) is 0.364. The Balaban J connectivity index is 2.77. The first kappa shape index (κ1) is 13.7. The van der Waals surface area contributed by atoms with Gasteiger partial charge in [-0.05, 0) is 24.6 Å². The summed E-state index contributed by atoms with van der Waals surface area (Å²) in [7, 11) is -3.19. The van der Waals surface area contributed by atoms with Gasteiger partial charge in [0.15, 0.2) is 9.84 Å². The van der Waals surface area contributed by atoms with Crippen LogP contribution in [0.3, 0.4) is 0 Å². The van der Waals surface area contributed by atoms with Gasteiger partial charge in [-0.1, -0.05) is 12.1 Å². The monoisotopic (exact) mass is 257 g/mol. The third-order valence-corrected chi connectivity index (χ3v) is 3.50. The number of benzene rings is 1. The van der Waals surface area contributed by atoms with Crippen molar-refractivity contribution in [3.63, 3.8) is 0 Å². The summed E-state index contributed by atoms with van der Waals surface area (Å²) in [6, 6.07) is 6.25. The normalized spacial score (nSPS) is 13.3. The Labute approximate surface area is 100 Å². The van der Waals surface area contributed by atoms with Gasteiger partial charge in [0.1, 0.15) is 0 Å². The highest BCUT2D eigenvalue weighted by Gasteiger charge is 2.09. The summed E-state index contributed by atoms with van der Waals surface area (Å²) in [6.07, 6.45) is 1.15. The maximum absolute atomic E-state index is 11.2. The Kier molecular flexibility index (Phi) is 4.25. The second-order valence-corrected chi connectivity index (χ2v) is 5.85. The van der Waals surface area contributed by atoms with E-state index in [1.165, 1.54) is 12.1 Å². The smallest absolute Gasteiger partial charge is 0.317 e. The third-order valence-electron chi connectivity index (χ3n) is 2.37. The van der Waals surface area contributed by atoms with Gasteiger partial charge in [0.05, 0.1) is 11.4 Å². The van der Waals surface area contributed by atoms with E-state index >= 15 is 0 Å². The molecule has 2 N–H and O–H groups in total. The largest absolute Gasteiger partial charge is 0.480 e. The summed E-state index contributed by atoms with van der Waals surface area (Å²) in [5, 5.41) is 11.3. The number of sulfone groups is 1. The number of carbonyl (C=O) groups is 1. The average Bonchev–Trinajstić information content (AvgIpc) is 2.25. The van der Waals surface area contributed by atoms with Gasteiger partial charge < -0.3 is 10.4 Å². The number of aliphatic carboxylic acids is 1. The first-order valence-corrected chi connectivity index (χ1v) is 6.95. The summed E-state index contributed by atoms with van der Waals surface area (Å²) in [5.74, 6) is -0.926. The molecule has 0 aliphatic heterocycles. The topological polar surface area (TPSA) is 83.5 Å². The van der Waals surface area contributed by atoms with E-state index < -0.39 is 15.8 Å². The number of rotatable bonds is 5. The number of carboxylic acid groups (broad SMARTS) is 1. The molecule has 1 aromatic carbocycles. The predicted molar refractivity (Wildman–Crippen MR) is 63.6 cm³/mol. The van der Waals surface area contributed by atoms with Crippen LogP contribution in [0, 0.1) is 0 Å². The van der Waals surface area contributed by atoms with Gasteiger partial charge >= 0.3 is 5.97 Å². The zero-order chi connectivity index (χ0) is 13.1. The van der Waals surface area contributed by atoms with Gasteiger partial charge in [-0.25, -0.2) is 8.42 Å². The summed E-state index contributed by atoms with van der Waals surface area (Å²) < 4.78 is 22.5. The van der Waals surface area contributed by atoms with E-state index in [1.54, 1.807) is 12.1 Å². The van der Waals surface area contributed by atoms with E-state index in [0.29, 0.717) is 0 Å². The minimum atomic E-state index is -3.19. The molecule has 0 spiro atoms. The molecule has 1 unspecified atom stereocenters. The van der Waals surface area contributed by atoms with Crippen molar-refractivity contribution in [1.82, 2.24) is 5.32 Å². The minimum Gasteiger partial charge on any atom is -0.480 e. The van der Waals surface area contributed by atoms with Gasteiger partial charge in [-0.3, -0.25) is 4.79 Å².